The number of benzene rings is 1. The molecule has 1 aliphatic carbocycles. The Morgan fingerprint density at radius 3 is 2.67 bits per heavy atom. The first-order chi connectivity index (χ1) is 10.1. The van der Waals surface area contributed by atoms with Gasteiger partial charge in [-0.3, -0.25) is 0 Å². The predicted octanol–water partition coefficient (Wildman–Crippen LogP) is 3.49. The smallest absolute Gasteiger partial charge is 0.341 e. The lowest BCUT2D eigenvalue weighted by atomic mass is 9.90. The van der Waals surface area contributed by atoms with Gasteiger partial charge in [0, 0.05) is 0 Å². The quantitative estimate of drug-likeness (QED) is 0.844. The topological polar surface area (TPSA) is 55.8 Å². The lowest BCUT2D eigenvalue weighted by molar-refractivity contribution is 0.0594. The third-order valence-corrected chi connectivity index (χ3v) is 4.09. The molecule has 0 aromatic heterocycles. The molecule has 1 fully saturated rings. The van der Waals surface area contributed by atoms with E-state index in [9.17, 15) is 9.90 Å². The highest BCUT2D eigenvalue weighted by atomic mass is 16.5. The molecular weight excluding hydrogens is 268 g/mol. The van der Waals surface area contributed by atoms with E-state index in [2.05, 4.69) is 0 Å². The van der Waals surface area contributed by atoms with Crippen molar-refractivity contribution in [2.45, 2.75) is 45.1 Å². The molecule has 0 saturated heterocycles. The maximum Gasteiger partial charge on any atom is 0.341 e. The van der Waals surface area contributed by atoms with Crippen LogP contribution < -0.4 is 4.74 Å². The van der Waals surface area contributed by atoms with Gasteiger partial charge in [0.1, 0.15) is 11.3 Å². The number of hydrogen-bond donors (Lipinski definition) is 1. The average Bonchev–Trinajstić information content (AvgIpc) is 2.52. The van der Waals surface area contributed by atoms with Crippen LogP contribution in [-0.2, 0) is 4.74 Å². The van der Waals surface area contributed by atoms with Crippen LogP contribution in [0.15, 0.2) is 18.2 Å². The van der Waals surface area contributed by atoms with Gasteiger partial charge in [0.25, 0.3) is 0 Å². The molecule has 21 heavy (non-hydrogen) atoms. The Morgan fingerprint density at radius 1 is 1.33 bits per heavy atom. The molecule has 1 aromatic carbocycles. The maximum atomic E-state index is 11.9. The first-order valence-electron chi connectivity index (χ1n) is 7.65. The van der Waals surface area contributed by atoms with E-state index >= 15 is 0 Å². The summed E-state index contributed by atoms with van der Waals surface area (Å²) in [5, 5.41) is 9.63. The normalized spacial score (nSPS) is 17.3. The molecule has 4 heteroatoms. The van der Waals surface area contributed by atoms with Crippen LogP contribution >= 0.6 is 0 Å². The van der Waals surface area contributed by atoms with Gasteiger partial charge in [-0.05, 0) is 43.4 Å². The van der Waals surface area contributed by atoms with Gasteiger partial charge in [-0.1, -0.05) is 25.3 Å². The van der Waals surface area contributed by atoms with Crippen molar-refractivity contribution in [3.63, 3.8) is 0 Å². The number of carbonyl (C=O) groups excluding carboxylic acids is 1. The Bertz CT molecular complexity index is 476. The van der Waals surface area contributed by atoms with Crippen molar-refractivity contribution in [2.75, 3.05) is 13.7 Å². The van der Waals surface area contributed by atoms with Crippen molar-refractivity contribution < 1.29 is 19.4 Å². The first kappa shape index (κ1) is 15.8. The van der Waals surface area contributed by atoms with Gasteiger partial charge in [0.2, 0.25) is 0 Å². The molecule has 1 atom stereocenters. The summed E-state index contributed by atoms with van der Waals surface area (Å²) in [7, 11) is 1.35. The highest BCUT2D eigenvalue weighted by Gasteiger charge is 2.18. The molecule has 1 unspecified atom stereocenters. The molecule has 1 saturated carbocycles. The number of rotatable bonds is 5. The van der Waals surface area contributed by atoms with E-state index in [1.54, 1.807) is 25.1 Å². The van der Waals surface area contributed by atoms with Crippen molar-refractivity contribution in [1.82, 2.24) is 0 Å². The molecule has 4 nitrogen and oxygen atoms in total. The Hall–Kier alpha value is -1.55. The molecule has 0 aliphatic heterocycles. The molecule has 0 heterocycles. The van der Waals surface area contributed by atoms with E-state index in [0.717, 1.165) is 0 Å². The highest BCUT2D eigenvalue weighted by molar-refractivity contribution is 5.92. The number of esters is 1. The van der Waals surface area contributed by atoms with Crippen LogP contribution in [0.25, 0.3) is 0 Å². The van der Waals surface area contributed by atoms with Crippen molar-refractivity contribution in [3.8, 4) is 5.75 Å². The maximum absolute atomic E-state index is 11.9. The Morgan fingerprint density at radius 2 is 2.05 bits per heavy atom. The number of methoxy groups -OCH3 is 1. The standard InChI is InChI=1S/C17H24O4/c1-12(18)14-8-9-16(15(10-14)17(19)20-2)21-11-13-6-4-3-5-7-13/h8-10,12-13,18H,3-7,11H2,1-2H3. The third kappa shape index (κ3) is 4.21. The van der Waals surface area contributed by atoms with Crippen LogP contribution in [0.2, 0.25) is 0 Å². The van der Waals surface area contributed by atoms with Crippen molar-refractivity contribution in [1.29, 1.82) is 0 Å². The molecule has 1 N–H and O–H groups in total. The van der Waals surface area contributed by atoms with E-state index in [0.29, 0.717) is 29.4 Å². The van der Waals surface area contributed by atoms with Gasteiger partial charge in [-0.15, -0.1) is 0 Å². The van der Waals surface area contributed by atoms with E-state index < -0.39 is 12.1 Å². The van der Waals surface area contributed by atoms with Crippen molar-refractivity contribution in [3.05, 3.63) is 29.3 Å². The van der Waals surface area contributed by atoms with Gasteiger partial charge < -0.3 is 14.6 Å². The number of hydrogen-bond acceptors (Lipinski definition) is 4. The SMILES string of the molecule is COC(=O)c1cc(C(C)O)ccc1OCC1CCCCC1. The van der Waals surface area contributed by atoms with Crippen LogP contribution in [0.4, 0.5) is 0 Å². The van der Waals surface area contributed by atoms with Gasteiger partial charge in [0.05, 0.1) is 19.8 Å². The summed E-state index contributed by atoms with van der Waals surface area (Å²) in [5.74, 6) is 0.675. The van der Waals surface area contributed by atoms with Gasteiger partial charge in [-0.2, -0.15) is 0 Å². The number of aliphatic hydroxyl groups excluding tert-OH is 1. The molecule has 0 amide bonds. The number of aliphatic hydroxyl groups is 1. The van der Waals surface area contributed by atoms with Gasteiger partial charge >= 0.3 is 5.97 Å². The van der Waals surface area contributed by atoms with Crippen LogP contribution in [0.3, 0.4) is 0 Å². The van der Waals surface area contributed by atoms with Crippen LogP contribution in [0.1, 0.15) is 61.1 Å². The minimum atomic E-state index is -0.624. The Labute approximate surface area is 126 Å². The van der Waals surface area contributed by atoms with Crippen molar-refractivity contribution >= 4 is 5.97 Å². The fourth-order valence-corrected chi connectivity index (χ4v) is 2.76. The summed E-state index contributed by atoms with van der Waals surface area (Å²) in [5.41, 5.74) is 1.06. The average molecular weight is 292 g/mol. The van der Waals surface area contributed by atoms with Crippen LogP contribution in [0, 0.1) is 5.92 Å². The molecule has 0 spiro atoms. The number of ether oxygens (including phenoxy) is 2. The lowest BCUT2D eigenvalue weighted by Crippen LogP contribution is -2.16. The molecular formula is C17H24O4. The summed E-state index contributed by atoms with van der Waals surface area (Å²) < 4.78 is 10.7. The molecule has 1 aliphatic rings. The van der Waals surface area contributed by atoms with Gasteiger partial charge in [-0.25, -0.2) is 4.79 Å². The molecule has 1 aromatic rings. The summed E-state index contributed by atoms with van der Waals surface area (Å²) in [6.45, 7) is 2.30. The summed E-state index contributed by atoms with van der Waals surface area (Å²) in [4.78, 5) is 11.9. The molecule has 0 bridgehead atoms. The zero-order valence-corrected chi connectivity index (χ0v) is 12.8. The molecule has 116 valence electrons. The van der Waals surface area contributed by atoms with E-state index in [-0.39, 0.29) is 0 Å². The van der Waals surface area contributed by atoms with Crippen molar-refractivity contribution in [2.24, 2.45) is 5.92 Å². The van der Waals surface area contributed by atoms with Crippen LogP contribution in [-0.4, -0.2) is 24.8 Å². The second-order valence-corrected chi connectivity index (χ2v) is 5.74. The fraction of sp³-hybridized carbons (Fsp3) is 0.588. The first-order valence-corrected chi connectivity index (χ1v) is 7.65. The number of carbonyl (C=O) groups is 1. The zero-order chi connectivity index (χ0) is 15.2. The van der Waals surface area contributed by atoms with E-state index in [1.807, 2.05) is 0 Å². The minimum absolute atomic E-state index is 0.381. The highest BCUT2D eigenvalue weighted by Crippen LogP contribution is 2.28. The third-order valence-electron chi connectivity index (χ3n) is 4.09. The monoisotopic (exact) mass is 292 g/mol. The summed E-state index contributed by atoms with van der Waals surface area (Å²) in [6.07, 6.45) is 5.60. The zero-order valence-electron chi connectivity index (χ0n) is 12.8. The lowest BCUT2D eigenvalue weighted by Gasteiger charge is -2.22. The van der Waals surface area contributed by atoms with Gasteiger partial charge in [0.15, 0.2) is 0 Å². The fourth-order valence-electron chi connectivity index (χ4n) is 2.76. The second kappa shape index (κ2) is 7.46. The summed E-state index contributed by atoms with van der Waals surface area (Å²) in [6, 6.07) is 5.18. The van der Waals surface area contributed by atoms with Crippen LogP contribution in [0.5, 0.6) is 5.75 Å². The Kier molecular flexibility index (Phi) is 5.62. The predicted molar refractivity (Wildman–Crippen MR) is 80.5 cm³/mol. The Balaban J connectivity index is 2.11. The minimum Gasteiger partial charge on any atom is -0.492 e. The van der Waals surface area contributed by atoms with E-state index in [1.165, 1.54) is 39.2 Å². The molecule has 2 rings (SSSR count). The summed E-state index contributed by atoms with van der Waals surface area (Å²) >= 11 is 0. The second-order valence-electron chi connectivity index (χ2n) is 5.74. The molecule has 0 radical (unpaired) electrons. The van der Waals surface area contributed by atoms with E-state index in [4.69, 9.17) is 9.47 Å². The largest absolute Gasteiger partial charge is 0.492 e.